The maximum atomic E-state index is 11.4. The van der Waals surface area contributed by atoms with Crippen molar-refractivity contribution in [1.82, 2.24) is 0 Å². The van der Waals surface area contributed by atoms with Crippen molar-refractivity contribution in [3.8, 4) is 0 Å². The lowest BCUT2D eigenvalue weighted by Crippen LogP contribution is -2.44. The van der Waals surface area contributed by atoms with Crippen LogP contribution < -0.4 is 0 Å². The zero-order valence-corrected chi connectivity index (χ0v) is 9.81. The molecule has 0 bridgehead atoms. The van der Waals surface area contributed by atoms with Gasteiger partial charge in [-0.3, -0.25) is 0 Å². The van der Waals surface area contributed by atoms with E-state index in [-0.39, 0.29) is 11.9 Å². The van der Waals surface area contributed by atoms with Gasteiger partial charge in [0.05, 0.1) is 19.6 Å². The average molecular weight is 232 g/mol. The second-order valence-electron chi connectivity index (χ2n) is 3.19. The quantitative estimate of drug-likeness (QED) is 0.517. The Labute approximate surface area is 94.1 Å². The first-order valence-corrected chi connectivity index (χ1v) is 4.73. The fourth-order valence-electron chi connectivity index (χ4n) is 1.41. The minimum absolute atomic E-state index is 0.0179. The van der Waals surface area contributed by atoms with E-state index < -0.39 is 11.9 Å². The Morgan fingerprint density at radius 3 is 2.44 bits per heavy atom. The van der Waals surface area contributed by atoms with Crippen LogP contribution in [0.3, 0.4) is 0 Å². The number of ether oxygens (including phenoxy) is 5. The van der Waals surface area contributed by atoms with Crippen LogP contribution in [0.15, 0.2) is 11.8 Å². The zero-order valence-electron chi connectivity index (χ0n) is 9.81. The summed E-state index contributed by atoms with van der Waals surface area (Å²) in [6, 6.07) is 0. The van der Waals surface area contributed by atoms with Crippen LogP contribution in [0, 0.1) is 0 Å². The van der Waals surface area contributed by atoms with Crippen LogP contribution in [0.4, 0.5) is 0 Å². The molecule has 0 saturated heterocycles. The van der Waals surface area contributed by atoms with Crippen LogP contribution in [0.5, 0.6) is 0 Å². The highest BCUT2D eigenvalue weighted by atomic mass is 16.9. The van der Waals surface area contributed by atoms with Crippen LogP contribution in [-0.4, -0.2) is 46.5 Å². The molecule has 0 spiro atoms. The maximum Gasteiger partial charge on any atom is 0.373 e. The monoisotopic (exact) mass is 232 g/mol. The van der Waals surface area contributed by atoms with Gasteiger partial charge in [-0.2, -0.15) is 0 Å². The second kappa shape index (κ2) is 5.29. The Kier molecular flexibility index (Phi) is 4.28. The largest absolute Gasteiger partial charge is 0.463 e. The molecule has 0 fully saturated rings. The number of hydrogen-bond donors (Lipinski definition) is 0. The maximum absolute atomic E-state index is 11.4. The number of methoxy groups -OCH3 is 4. The molecule has 0 radical (unpaired) electrons. The number of carbonyl (C=O) groups is 1. The molecule has 0 aromatic heterocycles. The molecule has 6 heteroatoms. The van der Waals surface area contributed by atoms with Gasteiger partial charge in [-0.1, -0.05) is 0 Å². The van der Waals surface area contributed by atoms with Gasteiger partial charge in [-0.25, -0.2) is 4.79 Å². The van der Waals surface area contributed by atoms with Gasteiger partial charge in [-0.15, -0.1) is 0 Å². The van der Waals surface area contributed by atoms with Gasteiger partial charge in [0, 0.05) is 21.3 Å². The van der Waals surface area contributed by atoms with Gasteiger partial charge in [0.1, 0.15) is 0 Å². The molecule has 0 aromatic rings. The Bertz CT molecular complexity index is 281. The average Bonchev–Trinajstić information content (AvgIpc) is 2.36. The molecule has 1 aliphatic rings. The summed E-state index contributed by atoms with van der Waals surface area (Å²) in [4.78, 5) is 11.4. The molecule has 92 valence electrons. The van der Waals surface area contributed by atoms with Gasteiger partial charge in [0.2, 0.25) is 5.76 Å². The molecule has 0 saturated carbocycles. The molecule has 1 heterocycles. The SMILES string of the molecule is COC(=O)C1=CC(OC)CC(OC)(OC)O1. The predicted octanol–water partition coefficient (Wildman–Crippen LogP) is 0.425. The minimum atomic E-state index is -1.31. The summed E-state index contributed by atoms with van der Waals surface area (Å²) >= 11 is 0. The number of hydrogen-bond acceptors (Lipinski definition) is 6. The first-order chi connectivity index (χ1) is 7.60. The van der Waals surface area contributed by atoms with Crippen molar-refractivity contribution in [2.24, 2.45) is 0 Å². The standard InChI is InChI=1S/C10H16O6/c1-12-7-5-8(9(11)13-2)16-10(6-7,14-3)15-4/h5,7H,6H2,1-4H3. The third-order valence-corrected chi connectivity index (χ3v) is 2.37. The molecular formula is C10H16O6. The van der Waals surface area contributed by atoms with E-state index in [0.717, 1.165) is 0 Å². The van der Waals surface area contributed by atoms with Crippen molar-refractivity contribution >= 4 is 5.97 Å². The molecule has 1 rings (SSSR count). The first kappa shape index (κ1) is 13.0. The van der Waals surface area contributed by atoms with Crippen molar-refractivity contribution in [2.45, 2.75) is 18.5 Å². The predicted molar refractivity (Wildman–Crippen MR) is 53.3 cm³/mol. The van der Waals surface area contributed by atoms with Gasteiger partial charge < -0.3 is 23.7 Å². The Morgan fingerprint density at radius 2 is 2.00 bits per heavy atom. The summed E-state index contributed by atoms with van der Waals surface area (Å²) < 4.78 is 25.3. The molecule has 1 unspecified atom stereocenters. The molecule has 6 nitrogen and oxygen atoms in total. The van der Waals surface area contributed by atoms with E-state index in [4.69, 9.17) is 18.9 Å². The molecule has 0 aromatic carbocycles. The molecule has 1 aliphatic heterocycles. The minimum Gasteiger partial charge on any atom is -0.463 e. The summed E-state index contributed by atoms with van der Waals surface area (Å²) in [5, 5.41) is 0. The lowest BCUT2D eigenvalue weighted by molar-refractivity contribution is -0.360. The van der Waals surface area contributed by atoms with E-state index >= 15 is 0 Å². The fraction of sp³-hybridized carbons (Fsp3) is 0.700. The normalized spacial score (nSPS) is 23.2. The summed E-state index contributed by atoms with van der Waals surface area (Å²) in [6.45, 7) is 0. The first-order valence-electron chi connectivity index (χ1n) is 4.73. The molecule has 1 atom stereocenters. The summed E-state index contributed by atoms with van der Waals surface area (Å²) in [6.07, 6.45) is 1.53. The van der Waals surface area contributed by atoms with Crippen molar-refractivity contribution < 1.29 is 28.5 Å². The van der Waals surface area contributed by atoms with E-state index in [1.54, 1.807) is 0 Å². The van der Waals surface area contributed by atoms with Crippen molar-refractivity contribution in [1.29, 1.82) is 0 Å². The number of rotatable bonds is 4. The van der Waals surface area contributed by atoms with Crippen LogP contribution in [0.25, 0.3) is 0 Å². The molecule has 0 N–H and O–H groups in total. The van der Waals surface area contributed by atoms with E-state index in [9.17, 15) is 4.79 Å². The molecular weight excluding hydrogens is 216 g/mol. The van der Waals surface area contributed by atoms with E-state index in [0.29, 0.717) is 6.42 Å². The Morgan fingerprint density at radius 1 is 1.38 bits per heavy atom. The fourth-order valence-corrected chi connectivity index (χ4v) is 1.41. The van der Waals surface area contributed by atoms with Crippen molar-refractivity contribution in [3.05, 3.63) is 11.8 Å². The van der Waals surface area contributed by atoms with E-state index in [1.807, 2.05) is 0 Å². The van der Waals surface area contributed by atoms with E-state index in [1.165, 1.54) is 34.5 Å². The smallest absolute Gasteiger partial charge is 0.373 e. The van der Waals surface area contributed by atoms with Crippen LogP contribution in [-0.2, 0) is 28.5 Å². The number of esters is 1. The Hall–Kier alpha value is -1.11. The second-order valence-corrected chi connectivity index (χ2v) is 3.19. The summed E-state index contributed by atoms with van der Waals surface area (Å²) in [5.41, 5.74) is 0. The zero-order chi connectivity index (χ0) is 12.2. The third kappa shape index (κ3) is 2.52. The Balaban J connectivity index is 2.93. The van der Waals surface area contributed by atoms with Gasteiger partial charge in [-0.05, 0) is 6.08 Å². The van der Waals surface area contributed by atoms with Gasteiger partial charge in [0.25, 0.3) is 0 Å². The number of carbonyl (C=O) groups excluding carboxylic acids is 1. The highest BCUT2D eigenvalue weighted by molar-refractivity contribution is 5.86. The van der Waals surface area contributed by atoms with Crippen molar-refractivity contribution in [2.75, 3.05) is 28.4 Å². The van der Waals surface area contributed by atoms with Gasteiger partial charge >= 0.3 is 11.9 Å². The lowest BCUT2D eigenvalue weighted by atomic mass is 10.1. The third-order valence-electron chi connectivity index (χ3n) is 2.37. The highest BCUT2D eigenvalue weighted by Gasteiger charge is 2.42. The molecule has 0 aliphatic carbocycles. The molecule has 16 heavy (non-hydrogen) atoms. The lowest BCUT2D eigenvalue weighted by Gasteiger charge is -2.36. The summed E-state index contributed by atoms with van der Waals surface area (Å²) in [7, 11) is 5.65. The van der Waals surface area contributed by atoms with Crippen LogP contribution in [0.2, 0.25) is 0 Å². The van der Waals surface area contributed by atoms with Crippen LogP contribution in [0.1, 0.15) is 6.42 Å². The highest BCUT2D eigenvalue weighted by Crippen LogP contribution is 2.30. The summed E-state index contributed by atoms with van der Waals surface area (Å²) in [5.74, 6) is -1.89. The van der Waals surface area contributed by atoms with Crippen molar-refractivity contribution in [3.63, 3.8) is 0 Å². The van der Waals surface area contributed by atoms with Crippen LogP contribution >= 0.6 is 0 Å². The topological polar surface area (TPSA) is 63.2 Å². The van der Waals surface area contributed by atoms with E-state index in [2.05, 4.69) is 4.74 Å². The molecule has 0 amide bonds. The van der Waals surface area contributed by atoms with Gasteiger partial charge in [0.15, 0.2) is 0 Å².